The van der Waals surface area contributed by atoms with Crippen LogP contribution in [0.1, 0.15) is 25.5 Å². The lowest BCUT2D eigenvalue weighted by molar-refractivity contribution is 0.0729. The maximum absolute atomic E-state index is 9.57. The topological polar surface area (TPSA) is 50.5 Å². The number of hydrogen-bond acceptors (Lipinski definition) is 4. The molecule has 1 aliphatic heterocycles. The van der Waals surface area contributed by atoms with Crippen molar-refractivity contribution in [2.45, 2.75) is 25.9 Å². The van der Waals surface area contributed by atoms with Gasteiger partial charge in [0.2, 0.25) is 0 Å². The van der Waals surface area contributed by atoms with E-state index in [1.807, 2.05) is 12.1 Å². The minimum atomic E-state index is -0.256. The molecule has 1 aromatic carbocycles. The molecule has 20 heavy (non-hydrogen) atoms. The van der Waals surface area contributed by atoms with E-state index in [1.54, 1.807) is 6.07 Å². The first kappa shape index (κ1) is 15.3. The van der Waals surface area contributed by atoms with Crippen molar-refractivity contribution in [2.75, 3.05) is 26.2 Å². The van der Waals surface area contributed by atoms with Crippen LogP contribution in [-0.2, 0) is 0 Å². The van der Waals surface area contributed by atoms with Gasteiger partial charge in [-0.2, -0.15) is 5.26 Å². The van der Waals surface area contributed by atoms with Gasteiger partial charge in [0.05, 0.1) is 10.5 Å². The number of aromatic hydroxyl groups is 1. The van der Waals surface area contributed by atoms with Crippen LogP contribution in [-0.4, -0.2) is 47.1 Å². The Morgan fingerprint density at radius 1 is 1.50 bits per heavy atom. The van der Waals surface area contributed by atoms with Crippen molar-refractivity contribution < 1.29 is 5.11 Å². The lowest BCUT2D eigenvalue weighted by Gasteiger charge is -2.41. The Balaban J connectivity index is 2.17. The van der Waals surface area contributed by atoms with Gasteiger partial charge in [0.1, 0.15) is 11.8 Å². The van der Waals surface area contributed by atoms with Crippen LogP contribution >= 0.6 is 15.9 Å². The van der Waals surface area contributed by atoms with E-state index < -0.39 is 0 Å². The quantitative estimate of drug-likeness (QED) is 0.921. The Morgan fingerprint density at radius 3 is 2.80 bits per heavy atom. The van der Waals surface area contributed by atoms with E-state index in [1.165, 1.54) is 0 Å². The molecule has 1 aromatic rings. The van der Waals surface area contributed by atoms with E-state index in [2.05, 4.69) is 45.6 Å². The van der Waals surface area contributed by atoms with Gasteiger partial charge in [-0.05, 0) is 47.1 Å². The third-order valence-corrected chi connectivity index (χ3v) is 4.61. The molecule has 2 unspecified atom stereocenters. The molecule has 108 valence electrons. The van der Waals surface area contributed by atoms with Gasteiger partial charge >= 0.3 is 0 Å². The Bertz CT molecular complexity index is 514. The summed E-state index contributed by atoms with van der Waals surface area (Å²) < 4.78 is 0.635. The minimum absolute atomic E-state index is 0.203. The normalized spacial score (nSPS) is 22.4. The largest absolute Gasteiger partial charge is 0.507 e. The Morgan fingerprint density at radius 2 is 2.25 bits per heavy atom. The van der Waals surface area contributed by atoms with Gasteiger partial charge in [0, 0.05) is 25.7 Å². The molecule has 0 spiro atoms. The highest BCUT2D eigenvalue weighted by molar-refractivity contribution is 9.10. The molecule has 1 fully saturated rings. The Labute approximate surface area is 128 Å². The number of nitriles is 1. The predicted molar refractivity (Wildman–Crippen MR) is 82.4 cm³/mol. The number of halogens is 1. The minimum Gasteiger partial charge on any atom is -0.507 e. The van der Waals surface area contributed by atoms with Crippen LogP contribution in [0.25, 0.3) is 0 Å². The van der Waals surface area contributed by atoms with Crippen LogP contribution in [0.4, 0.5) is 0 Å². The molecule has 2 atom stereocenters. The third kappa shape index (κ3) is 3.14. The number of nitrogens with zero attached hydrogens (tertiary/aromatic N) is 3. The van der Waals surface area contributed by atoms with E-state index in [4.69, 9.17) is 0 Å². The van der Waals surface area contributed by atoms with Crippen LogP contribution in [0.2, 0.25) is 0 Å². The van der Waals surface area contributed by atoms with E-state index in [-0.39, 0.29) is 11.8 Å². The second-order valence-electron chi connectivity index (χ2n) is 5.22. The van der Waals surface area contributed by atoms with Gasteiger partial charge in [-0.1, -0.05) is 13.0 Å². The number of phenols is 1. The zero-order valence-corrected chi connectivity index (χ0v) is 13.5. The molecule has 0 saturated carbocycles. The maximum atomic E-state index is 9.57. The number of hydrogen-bond donors (Lipinski definition) is 1. The highest BCUT2D eigenvalue weighted by atomic mass is 79.9. The Kier molecular flexibility index (Phi) is 5.03. The number of phenolic OH excluding ortho intramolecular Hbond substituents is 1. The van der Waals surface area contributed by atoms with Gasteiger partial charge in [0.15, 0.2) is 0 Å². The van der Waals surface area contributed by atoms with E-state index >= 15 is 0 Å². The zero-order chi connectivity index (χ0) is 14.7. The number of rotatable bonds is 3. The van der Waals surface area contributed by atoms with E-state index in [0.717, 1.165) is 31.7 Å². The van der Waals surface area contributed by atoms with Crippen molar-refractivity contribution in [3.8, 4) is 11.8 Å². The molecule has 1 heterocycles. The van der Waals surface area contributed by atoms with Crippen molar-refractivity contribution >= 4 is 15.9 Å². The van der Waals surface area contributed by atoms with Gasteiger partial charge < -0.3 is 5.11 Å². The summed E-state index contributed by atoms with van der Waals surface area (Å²) >= 11 is 3.31. The SMILES string of the molecule is CCN1CCN(C(C#N)c2ccc(O)c(Br)c2)CC1C. The molecule has 0 radical (unpaired) electrons. The molecule has 1 N–H and O–H groups in total. The van der Waals surface area contributed by atoms with Crippen LogP contribution in [0.3, 0.4) is 0 Å². The van der Waals surface area contributed by atoms with Crippen molar-refractivity contribution in [3.05, 3.63) is 28.2 Å². The fourth-order valence-electron chi connectivity index (χ4n) is 2.79. The van der Waals surface area contributed by atoms with Crippen molar-refractivity contribution in [3.63, 3.8) is 0 Å². The van der Waals surface area contributed by atoms with Gasteiger partial charge in [-0.25, -0.2) is 0 Å². The van der Waals surface area contributed by atoms with Crippen LogP contribution in [0.5, 0.6) is 5.75 Å². The summed E-state index contributed by atoms with van der Waals surface area (Å²) in [5.41, 5.74) is 0.925. The first-order valence-corrected chi connectivity index (χ1v) is 7.72. The lowest BCUT2D eigenvalue weighted by Crippen LogP contribution is -2.52. The molecule has 0 aliphatic carbocycles. The van der Waals surface area contributed by atoms with E-state index in [9.17, 15) is 10.4 Å². The van der Waals surface area contributed by atoms with Crippen molar-refractivity contribution in [2.24, 2.45) is 0 Å². The maximum Gasteiger partial charge on any atom is 0.129 e. The van der Waals surface area contributed by atoms with E-state index in [0.29, 0.717) is 10.5 Å². The predicted octanol–water partition coefficient (Wildman–Crippen LogP) is 2.75. The average molecular weight is 338 g/mol. The monoisotopic (exact) mass is 337 g/mol. The summed E-state index contributed by atoms with van der Waals surface area (Å²) in [6.45, 7) is 8.22. The molecule has 1 saturated heterocycles. The fourth-order valence-corrected chi connectivity index (χ4v) is 3.18. The first-order chi connectivity index (χ1) is 9.56. The third-order valence-electron chi connectivity index (χ3n) is 3.98. The number of piperazine rings is 1. The van der Waals surface area contributed by atoms with Gasteiger partial charge in [0.25, 0.3) is 0 Å². The van der Waals surface area contributed by atoms with Crippen molar-refractivity contribution in [1.82, 2.24) is 9.80 Å². The number of likely N-dealkylation sites (N-methyl/N-ethyl adjacent to an activating group) is 1. The summed E-state index contributed by atoms with van der Waals surface area (Å²) in [6, 6.07) is 7.89. The molecular formula is C15H20BrN3O. The molecule has 0 bridgehead atoms. The summed E-state index contributed by atoms with van der Waals surface area (Å²) in [7, 11) is 0. The summed E-state index contributed by atoms with van der Waals surface area (Å²) in [5.74, 6) is 0.203. The first-order valence-electron chi connectivity index (χ1n) is 6.93. The highest BCUT2D eigenvalue weighted by Gasteiger charge is 2.28. The summed E-state index contributed by atoms with van der Waals surface area (Å²) in [4.78, 5) is 4.65. The molecule has 4 nitrogen and oxygen atoms in total. The Hall–Kier alpha value is -1.09. The summed E-state index contributed by atoms with van der Waals surface area (Å²) in [5, 5.41) is 19.1. The average Bonchev–Trinajstić information content (AvgIpc) is 2.44. The fraction of sp³-hybridized carbons (Fsp3) is 0.533. The smallest absolute Gasteiger partial charge is 0.129 e. The summed E-state index contributed by atoms with van der Waals surface area (Å²) in [6.07, 6.45) is 0. The van der Waals surface area contributed by atoms with Crippen molar-refractivity contribution in [1.29, 1.82) is 5.26 Å². The van der Waals surface area contributed by atoms with Crippen LogP contribution in [0, 0.1) is 11.3 Å². The highest BCUT2D eigenvalue weighted by Crippen LogP contribution is 2.30. The molecular weight excluding hydrogens is 318 g/mol. The van der Waals surface area contributed by atoms with Gasteiger partial charge in [-0.3, -0.25) is 9.80 Å². The molecule has 2 rings (SSSR count). The molecule has 1 aliphatic rings. The number of benzene rings is 1. The molecule has 0 amide bonds. The second-order valence-corrected chi connectivity index (χ2v) is 6.07. The second kappa shape index (κ2) is 6.57. The van der Waals surface area contributed by atoms with Crippen LogP contribution < -0.4 is 0 Å². The molecule has 0 aromatic heterocycles. The van der Waals surface area contributed by atoms with Gasteiger partial charge in [-0.15, -0.1) is 0 Å². The lowest BCUT2D eigenvalue weighted by atomic mass is 10.0. The molecule has 5 heteroatoms. The standard InChI is InChI=1S/C15H20BrN3O/c1-3-18-6-7-19(10-11(18)2)14(9-17)12-4-5-15(20)13(16)8-12/h4-5,8,11,14,20H,3,6-7,10H2,1-2H3. The zero-order valence-electron chi connectivity index (χ0n) is 11.9. The van der Waals surface area contributed by atoms with Crippen LogP contribution in [0.15, 0.2) is 22.7 Å².